The molecule has 1 aliphatic rings. The van der Waals surface area contributed by atoms with Gasteiger partial charge in [0.25, 0.3) is 5.56 Å². The van der Waals surface area contributed by atoms with Crippen molar-refractivity contribution < 1.29 is 17.9 Å². The molecule has 1 aromatic carbocycles. The number of rotatable bonds is 5. The smallest absolute Gasteiger partial charge is 0.406 e. The lowest BCUT2D eigenvalue weighted by Crippen LogP contribution is -2.57. The molecule has 8 nitrogen and oxygen atoms in total. The average molecular weight is 549 g/mol. The number of benzene rings is 1. The molecule has 1 saturated heterocycles. The quantitative estimate of drug-likeness (QED) is 0.355. The Morgan fingerprint density at radius 2 is 1.80 bits per heavy atom. The number of hydrogen-bond donors (Lipinski definition) is 0. The molecule has 0 radical (unpaired) electrons. The van der Waals surface area contributed by atoms with Crippen molar-refractivity contribution in [3.8, 4) is 11.8 Å². The summed E-state index contributed by atoms with van der Waals surface area (Å²) < 4.78 is 43.8. The van der Waals surface area contributed by atoms with E-state index < -0.39 is 6.36 Å². The number of fused-ring (bicyclic) bond motifs is 1. The topological polar surface area (TPSA) is 87.3 Å². The van der Waals surface area contributed by atoms with Crippen molar-refractivity contribution in [3.05, 3.63) is 94.2 Å². The molecule has 206 valence electrons. The van der Waals surface area contributed by atoms with Crippen LogP contribution in [0, 0.1) is 11.3 Å². The number of pyridine rings is 3. The van der Waals surface area contributed by atoms with E-state index >= 15 is 0 Å². The Hall–Kier alpha value is -4.43. The number of piperazine rings is 1. The van der Waals surface area contributed by atoms with E-state index in [2.05, 4.69) is 37.5 Å². The molecule has 0 aliphatic carbocycles. The van der Waals surface area contributed by atoms with Gasteiger partial charge in [-0.25, -0.2) is 4.98 Å². The summed E-state index contributed by atoms with van der Waals surface area (Å²) in [6.45, 7) is 5.22. The molecule has 3 aromatic heterocycles. The van der Waals surface area contributed by atoms with Crippen molar-refractivity contribution in [2.24, 2.45) is 7.05 Å². The second kappa shape index (κ2) is 10.6. The first kappa shape index (κ1) is 27.1. The highest BCUT2D eigenvalue weighted by atomic mass is 19.4. The first-order valence-corrected chi connectivity index (χ1v) is 12.8. The maximum Gasteiger partial charge on any atom is 0.573 e. The minimum atomic E-state index is -4.77. The van der Waals surface area contributed by atoms with Crippen LogP contribution in [0.15, 0.2) is 71.7 Å². The number of aromatic nitrogens is 3. The van der Waals surface area contributed by atoms with Gasteiger partial charge in [0.15, 0.2) is 0 Å². The van der Waals surface area contributed by atoms with Gasteiger partial charge in [-0.3, -0.25) is 14.7 Å². The molecule has 11 heteroatoms. The normalized spacial score (nSPS) is 18.9. The zero-order chi connectivity index (χ0) is 28.6. The lowest BCUT2D eigenvalue weighted by atomic mass is 9.96. The number of ether oxygens (including phenoxy) is 1. The summed E-state index contributed by atoms with van der Waals surface area (Å²) >= 11 is 0. The molecule has 1 aliphatic heterocycles. The monoisotopic (exact) mass is 548 g/mol. The Kier molecular flexibility index (Phi) is 7.21. The van der Waals surface area contributed by atoms with Gasteiger partial charge in [-0.15, -0.1) is 13.2 Å². The van der Waals surface area contributed by atoms with Crippen molar-refractivity contribution in [2.45, 2.75) is 38.3 Å². The maximum atomic E-state index is 12.8. The Bertz CT molecular complexity index is 1620. The molecule has 0 spiro atoms. The molecular weight excluding hydrogens is 521 g/mol. The highest BCUT2D eigenvalue weighted by molar-refractivity contribution is 5.89. The first-order valence-electron chi connectivity index (χ1n) is 12.8. The SMILES string of the molecule is C[C@@H]1CN(c2cc(=O)n(C)c3ccc(C#N)nc23)[C@@H](C)CN1C(c1ccc(OC(F)(F)F)cc1)c1ccccn1. The number of aryl methyl sites for hydroxylation is 1. The lowest BCUT2D eigenvalue weighted by molar-refractivity contribution is -0.274. The van der Waals surface area contributed by atoms with Crippen molar-refractivity contribution in [1.82, 2.24) is 19.4 Å². The third-order valence-corrected chi connectivity index (χ3v) is 7.26. The summed E-state index contributed by atoms with van der Waals surface area (Å²) in [6.07, 6.45) is -3.08. The van der Waals surface area contributed by atoms with Crippen molar-refractivity contribution in [2.75, 3.05) is 18.0 Å². The Labute approximate surface area is 228 Å². The summed E-state index contributed by atoms with van der Waals surface area (Å²) in [6, 6.07) is 18.0. The van der Waals surface area contributed by atoms with Crippen molar-refractivity contribution in [3.63, 3.8) is 0 Å². The second-order valence-corrected chi connectivity index (χ2v) is 9.92. The molecule has 1 fully saturated rings. The Morgan fingerprint density at radius 1 is 1.05 bits per heavy atom. The van der Waals surface area contributed by atoms with E-state index in [9.17, 15) is 23.2 Å². The van der Waals surface area contributed by atoms with E-state index in [1.165, 1.54) is 16.7 Å². The zero-order valence-corrected chi connectivity index (χ0v) is 22.1. The average Bonchev–Trinajstić information content (AvgIpc) is 2.93. The third-order valence-electron chi connectivity index (χ3n) is 7.26. The Morgan fingerprint density at radius 3 is 2.45 bits per heavy atom. The number of anilines is 1. The van der Waals surface area contributed by atoms with Gasteiger partial charge < -0.3 is 14.2 Å². The fraction of sp³-hybridized carbons (Fsp3) is 0.310. The molecule has 0 amide bonds. The van der Waals surface area contributed by atoms with Gasteiger partial charge in [-0.2, -0.15) is 5.26 Å². The number of hydrogen-bond acceptors (Lipinski definition) is 7. The van der Waals surface area contributed by atoms with Crippen LogP contribution in [0.25, 0.3) is 11.0 Å². The molecule has 3 atom stereocenters. The molecule has 1 unspecified atom stereocenters. The van der Waals surface area contributed by atoms with Crippen LogP contribution in [-0.2, 0) is 7.05 Å². The van der Waals surface area contributed by atoms with Crippen LogP contribution in [0.2, 0.25) is 0 Å². The van der Waals surface area contributed by atoms with E-state index in [1.807, 2.05) is 25.1 Å². The zero-order valence-electron chi connectivity index (χ0n) is 22.1. The second-order valence-electron chi connectivity index (χ2n) is 9.92. The van der Waals surface area contributed by atoms with Crippen LogP contribution in [0.4, 0.5) is 18.9 Å². The molecule has 5 rings (SSSR count). The number of halogens is 3. The van der Waals surface area contributed by atoms with E-state index in [0.717, 1.165) is 11.3 Å². The van der Waals surface area contributed by atoms with Gasteiger partial charge >= 0.3 is 6.36 Å². The molecule has 0 N–H and O–H groups in total. The lowest BCUT2D eigenvalue weighted by Gasteiger charge is -2.48. The van der Waals surface area contributed by atoms with Crippen LogP contribution < -0.4 is 15.2 Å². The van der Waals surface area contributed by atoms with E-state index in [4.69, 9.17) is 0 Å². The molecule has 40 heavy (non-hydrogen) atoms. The van der Waals surface area contributed by atoms with E-state index in [-0.39, 0.29) is 35.1 Å². The highest BCUT2D eigenvalue weighted by Gasteiger charge is 2.37. The summed E-state index contributed by atoms with van der Waals surface area (Å²) in [5.41, 5.74) is 3.51. The van der Waals surface area contributed by atoms with Crippen molar-refractivity contribution >= 4 is 16.7 Å². The number of nitrogens with zero attached hydrogens (tertiary/aromatic N) is 6. The summed E-state index contributed by atoms with van der Waals surface area (Å²) in [5.74, 6) is -0.288. The minimum Gasteiger partial charge on any atom is -0.406 e. The molecule has 0 saturated carbocycles. The predicted octanol–water partition coefficient (Wildman–Crippen LogP) is 4.79. The molecule has 4 aromatic rings. The fourth-order valence-corrected chi connectivity index (χ4v) is 5.36. The largest absolute Gasteiger partial charge is 0.573 e. The molecule has 4 heterocycles. The number of nitriles is 1. The van der Waals surface area contributed by atoms with Crippen LogP contribution >= 0.6 is 0 Å². The van der Waals surface area contributed by atoms with Crippen molar-refractivity contribution in [1.29, 1.82) is 5.26 Å². The van der Waals surface area contributed by atoms with Crippen LogP contribution in [0.1, 0.15) is 36.8 Å². The van der Waals surface area contributed by atoms with E-state index in [0.29, 0.717) is 29.8 Å². The highest BCUT2D eigenvalue weighted by Crippen LogP contribution is 2.36. The van der Waals surface area contributed by atoms with Gasteiger partial charge in [0, 0.05) is 44.5 Å². The third kappa shape index (κ3) is 5.35. The van der Waals surface area contributed by atoms with Gasteiger partial charge in [0.1, 0.15) is 23.0 Å². The van der Waals surface area contributed by atoms with E-state index in [1.54, 1.807) is 43.6 Å². The first-order chi connectivity index (χ1) is 19.1. The van der Waals surface area contributed by atoms with Gasteiger partial charge in [0.05, 0.1) is 22.9 Å². The van der Waals surface area contributed by atoms with Gasteiger partial charge in [-0.05, 0) is 55.8 Å². The fourth-order valence-electron chi connectivity index (χ4n) is 5.36. The summed E-state index contributed by atoms with van der Waals surface area (Å²) in [4.78, 5) is 26.4. The number of alkyl halides is 3. The van der Waals surface area contributed by atoms with Gasteiger partial charge in [-0.1, -0.05) is 18.2 Å². The van der Waals surface area contributed by atoms with Crippen LogP contribution in [0.3, 0.4) is 0 Å². The van der Waals surface area contributed by atoms with Gasteiger partial charge in [0.2, 0.25) is 0 Å². The molecular formula is C29H27F3N6O2. The standard InChI is InChI=1S/C29H27F3N6O2/c1-18-17-38(28(23-6-4-5-13-34-23)20-7-10-22(11-8-20)40-29(30,31)32)19(2)16-37(18)25-14-26(39)36(3)24-12-9-21(15-33)35-27(24)25/h4-14,18-19,28H,16-17H2,1-3H3/t18-,19+,28?/m0/s1. The summed E-state index contributed by atoms with van der Waals surface area (Å²) in [5, 5.41) is 9.43. The van der Waals surface area contributed by atoms with Crippen LogP contribution in [0.5, 0.6) is 5.75 Å². The summed E-state index contributed by atoms with van der Waals surface area (Å²) in [7, 11) is 1.68. The molecule has 0 bridgehead atoms. The van der Waals surface area contributed by atoms with Crippen LogP contribution in [-0.4, -0.2) is 51.0 Å². The minimum absolute atomic E-state index is 0.0486. The maximum absolute atomic E-state index is 12.8. The predicted molar refractivity (Wildman–Crippen MR) is 144 cm³/mol. The Balaban J connectivity index is 1.51.